The lowest BCUT2D eigenvalue weighted by Crippen LogP contribution is -2.41. The zero-order valence-electron chi connectivity index (χ0n) is 13.0. The minimum atomic E-state index is -0.659. The fourth-order valence-electron chi connectivity index (χ4n) is 1.39. The van der Waals surface area contributed by atoms with Crippen LogP contribution in [0, 0.1) is 0 Å². The maximum Gasteiger partial charge on any atom is 0.331 e. The Morgan fingerprint density at radius 3 is 2.19 bits per heavy atom. The lowest BCUT2D eigenvalue weighted by Gasteiger charge is -2.18. The minimum Gasteiger partial charge on any atom is -0.461 e. The summed E-state index contributed by atoms with van der Waals surface area (Å²) in [4.78, 5) is 35.6. The molecule has 0 aliphatic heterocycles. The number of ether oxygens (including phenoxy) is 2. The van der Waals surface area contributed by atoms with Gasteiger partial charge in [0.25, 0.3) is 0 Å². The Bertz CT molecular complexity index is 376. The van der Waals surface area contributed by atoms with E-state index in [9.17, 15) is 14.4 Å². The summed E-state index contributed by atoms with van der Waals surface area (Å²) in [6.07, 6.45) is 1.77. The minimum absolute atomic E-state index is 0.0371. The fraction of sp³-hybridized carbons (Fsp3) is 0.643. The van der Waals surface area contributed by atoms with Crippen LogP contribution in [0.25, 0.3) is 0 Å². The first-order chi connectivity index (χ1) is 9.90. The Labute approximate surface area is 125 Å². The third-order valence-electron chi connectivity index (χ3n) is 2.38. The highest BCUT2D eigenvalue weighted by Gasteiger charge is 2.08. The van der Waals surface area contributed by atoms with Crippen LogP contribution in [-0.4, -0.2) is 55.2 Å². The Morgan fingerprint density at radius 2 is 1.67 bits per heavy atom. The highest BCUT2D eigenvalue weighted by atomic mass is 16.5. The second kappa shape index (κ2) is 10.7. The number of nitrogens with one attached hydrogen (secondary N) is 1. The average molecular weight is 300 g/mol. The van der Waals surface area contributed by atoms with E-state index < -0.39 is 11.9 Å². The van der Waals surface area contributed by atoms with Crippen molar-refractivity contribution < 1.29 is 23.9 Å². The number of carbonyl (C=O) groups excluding carboxylic acids is 3. The number of rotatable bonds is 8. The van der Waals surface area contributed by atoms with Crippen LogP contribution in [0.4, 0.5) is 4.79 Å². The average Bonchev–Trinajstić information content (AvgIpc) is 2.42. The number of carbonyl (C=O) groups is 3. The van der Waals surface area contributed by atoms with Gasteiger partial charge < -0.3 is 19.7 Å². The van der Waals surface area contributed by atoms with Crippen molar-refractivity contribution in [1.82, 2.24) is 10.2 Å². The summed E-state index contributed by atoms with van der Waals surface area (Å²) >= 11 is 0. The molecule has 120 valence electrons. The van der Waals surface area contributed by atoms with Gasteiger partial charge in [0.2, 0.25) is 0 Å². The monoisotopic (exact) mass is 300 g/mol. The molecular weight excluding hydrogens is 276 g/mol. The van der Waals surface area contributed by atoms with E-state index >= 15 is 0 Å². The molecule has 0 spiro atoms. The Balaban J connectivity index is 3.87. The molecule has 7 nitrogen and oxygen atoms in total. The first-order valence-electron chi connectivity index (χ1n) is 6.98. The van der Waals surface area contributed by atoms with E-state index in [0.717, 1.165) is 12.2 Å². The van der Waals surface area contributed by atoms with E-state index in [1.807, 2.05) is 13.8 Å². The molecule has 0 saturated heterocycles. The molecule has 0 radical (unpaired) electrons. The molecule has 0 unspecified atom stereocenters. The molecule has 0 aliphatic carbocycles. The summed E-state index contributed by atoms with van der Waals surface area (Å²) in [7, 11) is 0. The molecule has 0 bridgehead atoms. The van der Waals surface area contributed by atoms with E-state index in [4.69, 9.17) is 9.47 Å². The van der Waals surface area contributed by atoms with Crippen molar-refractivity contribution in [2.45, 2.75) is 33.8 Å². The third-order valence-corrected chi connectivity index (χ3v) is 2.38. The van der Waals surface area contributed by atoms with Crippen LogP contribution in [0.3, 0.4) is 0 Å². The van der Waals surface area contributed by atoms with E-state index in [1.54, 1.807) is 18.7 Å². The SMILES string of the molecule is CCN(CC)C(=O)NCCOC(=O)/C=C/C(=O)OC(C)C. The van der Waals surface area contributed by atoms with Crippen molar-refractivity contribution in [3.05, 3.63) is 12.2 Å². The van der Waals surface area contributed by atoms with Gasteiger partial charge in [0.15, 0.2) is 0 Å². The number of hydrogen-bond acceptors (Lipinski definition) is 5. The van der Waals surface area contributed by atoms with Crippen molar-refractivity contribution in [1.29, 1.82) is 0 Å². The standard InChI is InChI=1S/C14H24N2O5/c1-5-16(6-2)14(19)15-9-10-20-12(17)7-8-13(18)21-11(3)4/h7-8,11H,5-6,9-10H2,1-4H3,(H,15,19)/b8-7+. The zero-order valence-corrected chi connectivity index (χ0v) is 13.0. The molecule has 0 atom stereocenters. The number of amides is 2. The zero-order chi connectivity index (χ0) is 16.3. The van der Waals surface area contributed by atoms with E-state index in [0.29, 0.717) is 13.1 Å². The number of urea groups is 1. The van der Waals surface area contributed by atoms with Crippen LogP contribution < -0.4 is 5.32 Å². The fourth-order valence-corrected chi connectivity index (χ4v) is 1.39. The molecule has 0 aromatic heterocycles. The quantitative estimate of drug-likeness (QED) is 0.412. The normalized spacial score (nSPS) is 10.5. The van der Waals surface area contributed by atoms with Gasteiger partial charge in [-0.2, -0.15) is 0 Å². The second-order valence-electron chi connectivity index (χ2n) is 4.39. The Kier molecular flexibility index (Phi) is 9.66. The maximum absolute atomic E-state index is 11.6. The van der Waals surface area contributed by atoms with Gasteiger partial charge >= 0.3 is 18.0 Å². The smallest absolute Gasteiger partial charge is 0.331 e. The predicted molar refractivity (Wildman–Crippen MR) is 77.6 cm³/mol. The topological polar surface area (TPSA) is 84.9 Å². The third kappa shape index (κ3) is 9.48. The lowest BCUT2D eigenvalue weighted by molar-refractivity contribution is -0.142. The Hall–Kier alpha value is -2.05. The van der Waals surface area contributed by atoms with Crippen LogP contribution in [-0.2, 0) is 19.1 Å². The van der Waals surface area contributed by atoms with Gasteiger partial charge in [-0.1, -0.05) is 0 Å². The van der Waals surface area contributed by atoms with Crippen molar-refractivity contribution in [3.63, 3.8) is 0 Å². The summed E-state index contributed by atoms with van der Waals surface area (Å²) in [5.41, 5.74) is 0. The molecule has 0 aromatic carbocycles. The first-order valence-corrected chi connectivity index (χ1v) is 6.98. The van der Waals surface area contributed by atoms with E-state index in [-0.39, 0.29) is 25.3 Å². The summed E-state index contributed by atoms with van der Waals surface area (Å²) in [5, 5.41) is 2.62. The van der Waals surface area contributed by atoms with Gasteiger partial charge in [0.05, 0.1) is 12.6 Å². The molecule has 0 heterocycles. The molecule has 2 amide bonds. The van der Waals surface area contributed by atoms with Crippen LogP contribution in [0.15, 0.2) is 12.2 Å². The summed E-state index contributed by atoms with van der Waals surface area (Å²) in [5.74, 6) is -1.26. The number of hydrogen-bond donors (Lipinski definition) is 1. The van der Waals surface area contributed by atoms with E-state index in [1.165, 1.54) is 0 Å². The summed E-state index contributed by atoms with van der Waals surface area (Å²) < 4.78 is 9.64. The summed E-state index contributed by atoms with van der Waals surface area (Å²) in [6.45, 7) is 8.66. The number of esters is 2. The van der Waals surface area contributed by atoms with Crippen molar-refractivity contribution >= 4 is 18.0 Å². The first kappa shape index (κ1) is 18.9. The predicted octanol–water partition coefficient (Wildman–Crippen LogP) is 1.09. The van der Waals surface area contributed by atoms with E-state index in [2.05, 4.69) is 5.32 Å². The van der Waals surface area contributed by atoms with Crippen molar-refractivity contribution in [3.8, 4) is 0 Å². The molecule has 0 aliphatic rings. The highest BCUT2D eigenvalue weighted by molar-refractivity contribution is 5.91. The van der Waals surface area contributed by atoms with Gasteiger partial charge in [0.1, 0.15) is 6.61 Å². The maximum atomic E-state index is 11.6. The van der Waals surface area contributed by atoms with Crippen LogP contribution in [0.5, 0.6) is 0 Å². The lowest BCUT2D eigenvalue weighted by atomic mass is 10.4. The molecule has 0 rings (SSSR count). The second-order valence-corrected chi connectivity index (χ2v) is 4.39. The molecule has 0 aromatic rings. The molecule has 1 N–H and O–H groups in total. The van der Waals surface area contributed by atoms with Crippen LogP contribution >= 0.6 is 0 Å². The Morgan fingerprint density at radius 1 is 1.10 bits per heavy atom. The van der Waals surface area contributed by atoms with Gasteiger partial charge in [-0.3, -0.25) is 0 Å². The molecular formula is C14H24N2O5. The largest absolute Gasteiger partial charge is 0.461 e. The van der Waals surface area contributed by atoms with Gasteiger partial charge in [-0.05, 0) is 27.7 Å². The van der Waals surface area contributed by atoms with Gasteiger partial charge in [0, 0.05) is 25.2 Å². The van der Waals surface area contributed by atoms with Gasteiger partial charge in [-0.15, -0.1) is 0 Å². The number of nitrogens with zero attached hydrogens (tertiary/aromatic N) is 1. The highest BCUT2D eigenvalue weighted by Crippen LogP contribution is 1.91. The molecule has 7 heteroatoms. The molecule has 0 fully saturated rings. The van der Waals surface area contributed by atoms with Crippen LogP contribution in [0.1, 0.15) is 27.7 Å². The van der Waals surface area contributed by atoms with Crippen LogP contribution in [0.2, 0.25) is 0 Å². The molecule has 21 heavy (non-hydrogen) atoms. The van der Waals surface area contributed by atoms with Crippen molar-refractivity contribution in [2.75, 3.05) is 26.2 Å². The van der Waals surface area contributed by atoms with Crippen molar-refractivity contribution in [2.24, 2.45) is 0 Å². The van der Waals surface area contributed by atoms with Gasteiger partial charge in [-0.25, -0.2) is 14.4 Å². The summed E-state index contributed by atoms with van der Waals surface area (Å²) in [6, 6.07) is -0.202. The molecule has 0 saturated carbocycles.